The molecule has 2 fully saturated rings. The van der Waals surface area contributed by atoms with Gasteiger partial charge in [0, 0.05) is 25.2 Å². The number of carboxylic acid groups (broad SMARTS) is 1. The molecular weight excluding hydrogens is 246 g/mol. The number of aromatic nitrogens is 2. The standard InChI is InChI=1S/C13H17N3O3/c17-12(10-4-8-3-9(8)5-10)14-1-2-16-6-11(13(18)19)15-7-16/h6-10H,1-5H2,(H,14,17)(H,18,19). The monoisotopic (exact) mass is 263 g/mol. The molecule has 1 amide bonds. The largest absolute Gasteiger partial charge is 0.476 e. The molecule has 2 aliphatic carbocycles. The van der Waals surface area contributed by atoms with Gasteiger partial charge in [-0.05, 0) is 31.1 Å². The summed E-state index contributed by atoms with van der Waals surface area (Å²) in [6.07, 6.45) is 6.35. The number of carbonyl (C=O) groups is 2. The van der Waals surface area contributed by atoms with Crippen LogP contribution in [0.2, 0.25) is 0 Å². The minimum atomic E-state index is -1.03. The number of aromatic carboxylic acids is 1. The van der Waals surface area contributed by atoms with E-state index in [4.69, 9.17) is 5.11 Å². The fourth-order valence-corrected chi connectivity index (χ4v) is 2.97. The molecule has 2 aliphatic rings. The van der Waals surface area contributed by atoms with Crippen LogP contribution in [0.1, 0.15) is 29.8 Å². The van der Waals surface area contributed by atoms with Crippen LogP contribution in [0, 0.1) is 17.8 Å². The molecule has 0 aliphatic heterocycles. The summed E-state index contributed by atoms with van der Waals surface area (Å²) in [6, 6.07) is 0. The molecule has 1 aromatic rings. The first-order valence-corrected chi connectivity index (χ1v) is 6.66. The lowest BCUT2D eigenvalue weighted by Crippen LogP contribution is -2.32. The fraction of sp³-hybridized carbons (Fsp3) is 0.615. The van der Waals surface area contributed by atoms with Gasteiger partial charge < -0.3 is 15.0 Å². The lowest BCUT2D eigenvalue weighted by atomic mass is 10.0. The van der Waals surface area contributed by atoms with Gasteiger partial charge in [0.05, 0.1) is 6.33 Å². The van der Waals surface area contributed by atoms with Crippen molar-refractivity contribution in [3.8, 4) is 0 Å². The Balaban J connectivity index is 1.42. The van der Waals surface area contributed by atoms with Crippen LogP contribution in [-0.2, 0) is 11.3 Å². The maximum Gasteiger partial charge on any atom is 0.356 e. The average molecular weight is 263 g/mol. The molecule has 6 heteroatoms. The van der Waals surface area contributed by atoms with Crippen molar-refractivity contribution in [3.05, 3.63) is 18.2 Å². The van der Waals surface area contributed by atoms with Crippen molar-refractivity contribution in [1.29, 1.82) is 0 Å². The van der Waals surface area contributed by atoms with E-state index in [1.165, 1.54) is 18.9 Å². The van der Waals surface area contributed by atoms with Crippen molar-refractivity contribution in [3.63, 3.8) is 0 Å². The quantitative estimate of drug-likeness (QED) is 0.820. The van der Waals surface area contributed by atoms with Crippen LogP contribution < -0.4 is 5.32 Å². The maximum absolute atomic E-state index is 11.9. The Kier molecular flexibility index (Phi) is 3.00. The third-order valence-corrected chi connectivity index (χ3v) is 4.14. The van der Waals surface area contributed by atoms with Gasteiger partial charge in [0.2, 0.25) is 5.91 Å². The van der Waals surface area contributed by atoms with Crippen LogP contribution in [0.4, 0.5) is 0 Å². The van der Waals surface area contributed by atoms with Gasteiger partial charge in [-0.3, -0.25) is 4.79 Å². The second kappa shape index (κ2) is 4.68. The van der Waals surface area contributed by atoms with Crippen LogP contribution >= 0.6 is 0 Å². The van der Waals surface area contributed by atoms with Gasteiger partial charge >= 0.3 is 5.97 Å². The first-order chi connectivity index (χ1) is 9.13. The van der Waals surface area contributed by atoms with Gasteiger partial charge in [0.25, 0.3) is 0 Å². The topological polar surface area (TPSA) is 84.2 Å². The van der Waals surface area contributed by atoms with Crippen LogP contribution in [0.15, 0.2) is 12.5 Å². The van der Waals surface area contributed by atoms with Gasteiger partial charge in [-0.1, -0.05) is 0 Å². The molecule has 102 valence electrons. The molecule has 2 unspecified atom stereocenters. The average Bonchev–Trinajstić information content (AvgIpc) is 2.81. The first-order valence-electron chi connectivity index (χ1n) is 6.66. The summed E-state index contributed by atoms with van der Waals surface area (Å²) in [4.78, 5) is 26.3. The molecule has 0 saturated heterocycles. The highest BCUT2D eigenvalue weighted by atomic mass is 16.4. The SMILES string of the molecule is O=C(O)c1cn(CCNC(=O)C2CC3CC3C2)cn1. The molecule has 0 spiro atoms. The number of nitrogens with zero attached hydrogens (tertiary/aromatic N) is 2. The number of amides is 1. The molecule has 0 aromatic carbocycles. The van der Waals surface area contributed by atoms with Crippen molar-refractivity contribution < 1.29 is 14.7 Å². The van der Waals surface area contributed by atoms with E-state index < -0.39 is 5.97 Å². The predicted octanol–water partition coefficient (Wildman–Crippen LogP) is 0.744. The zero-order chi connectivity index (χ0) is 13.4. The normalized spacial score (nSPS) is 27.9. The summed E-state index contributed by atoms with van der Waals surface area (Å²) in [5.41, 5.74) is 0.0298. The molecule has 6 nitrogen and oxygen atoms in total. The summed E-state index contributed by atoms with van der Waals surface area (Å²) >= 11 is 0. The summed E-state index contributed by atoms with van der Waals surface area (Å²) in [5.74, 6) is 0.921. The number of hydrogen-bond donors (Lipinski definition) is 2. The van der Waals surface area contributed by atoms with E-state index in [1.807, 2.05) is 0 Å². The third kappa shape index (κ3) is 2.62. The molecule has 1 aromatic heterocycles. The van der Waals surface area contributed by atoms with E-state index in [0.717, 1.165) is 24.7 Å². The Hall–Kier alpha value is -1.85. The zero-order valence-corrected chi connectivity index (χ0v) is 10.6. The van der Waals surface area contributed by atoms with Crippen molar-refractivity contribution >= 4 is 11.9 Å². The highest BCUT2D eigenvalue weighted by Gasteiger charge is 2.47. The van der Waals surface area contributed by atoms with Gasteiger partial charge in [-0.25, -0.2) is 9.78 Å². The number of carboxylic acids is 1. The Morgan fingerprint density at radius 1 is 1.37 bits per heavy atom. The van der Waals surface area contributed by atoms with E-state index >= 15 is 0 Å². The summed E-state index contributed by atoms with van der Waals surface area (Å²) in [6.45, 7) is 1.06. The van der Waals surface area contributed by atoms with Crippen molar-refractivity contribution in [2.75, 3.05) is 6.54 Å². The fourth-order valence-electron chi connectivity index (χ4n) is 2.97. The Morgan fingerprint density at radius 2 is 2.11 bits per heavy atom. The predicted molar refractivity (Wildman–Crippen MR) is 66.5 cm³/mol. The number of carbonyl (C=O) groups excluding carboxylic acids is 1. The lowest BCUT2D eigenvalue weighted by Gasteiger charge is -2.12. The molecule has 2 N–H and O–H groups in total. The van der Waals surface area contributed by atoms with Gasteiger partial charge in [-0.15, -0.1) is 0 Å². The van der Waals surface area contributed by atoms with Gasteiger partial charge in [-0.2, -0.15) is 0 Å². The molecule has 0 radical (unpaired) electrons. The van der Waals surface area contributed by atoms with Crippen LogP contribution in [-0.4, -0.2) is 33.1 Å². The summed E-state index contributed by atoms with van der Waals surface area (Å²) in [5, 5.41) is 11.7. The number of rotatable bonds is 5. The number of fused-ring (bicyclic) bond motifs is 1. The molecule has 1 heterocycles. The smallest absolute Gasteiger partial charge is 0.356 e. The minimum absolute atomic E-state index is 0.0298. The highest BCUT2D eigenvalue weighted by Crippen LogP contribution is 2.54. The van der Waals surface area contributed by atoms with Crippen molar-refractivity contribution in [2.24, 2.45) is 17.8 Å². The Morgan fingerprint density at radius 3 is 2.74 bits per heavy atom. The molecule has 3 rings (SSSR count). The second-order valence-corrected chi connectivity index (χ2v) is 5.52. The van der Waals surface area contributed by atoms with E-state index in [0.29, 0.717) is 13.1 Å². The molecule has 2 saturated carbocycles. The number of hydrogen-bond acceptors (Lipinski definition) is 3. The minimum Gasteiger partial charge on any atom is -0.476 e. The van der Waals surface area contributed by atoms with E-state index in [-0.39, 0.29) is 17.5 Å². The van der Waals surface area contributed by atoms with Crippen LogP contribution in [0.5, 0.6) is 0 Å². The van der Waals surface area contributed by atoms with Gasteiger partial charge in [0.15, 0.2) is 5.69 Å². The molecule has 2 atom stereocenters. The molecular formula is C13H17N3O3. The Bertz CT molecular complexity index is 501. The maximum atomic E-state index is 11.9. The Labute approximate surface area is 110 Å². The zero-order valence-electron chi connectivity index (χ0n) is 10.6. The molecule has 0 bridgehead atoms. The number of imidazole rings is 1. The van der Waals surface area contributed by atoms with E-state index in [1.54, 1.807) is 4.57 Å². The van der Waals surface area contributed by atoms with Crippen molar-refractivity contribution in [1.82, 2.24) is 14.9 Å². The van der Waals surface area contributed by atoms with E-state index in [9.17, 15) is 9.59 Å². The lowest BCUT2D eigenvalue weighted by molar-refractivity contribution is -0.125. The second-order valence-electron chi connectivity index (χ2n) is 5.52. The number of nitrogens with one attached hydrogen (secondary N) is 1. The van der Waals surface area contributed by atoms with Crippen LogP contribution in [0.25, 0.3) is 0 Å². The summed E-state index contributed by atoms with van der Waals surface area (Å²) in [7, 11) is 0. The highest BCUT2D eigenvalue weighted by molar-refractivity contribution is 5.84. The van der Waals surface area contributed by atoms with Gasteiger partial charge in [0.1, 0.15) is 0 Å². The van der Waals surface area contributed by atoms with E-state index in [2.05, 4.69) is 10.3 Å². The van der Waals surface area contributed by atoms with Crippen LogP contribution in [0.3, 0.4) is 0 Å². The molecule has 19 heavy (non-hydrogen) atoms. The van der Waals surface area contributed by atoms with Crippen molar-refractivity contribution in [2.45, 2.75) is 25.8 Å². The summed E-state index contributed by atoms with van der Waals surface area (Å²) < 4.78 is 1.68. The third-order valence-electron chi connectivity index (χ3n) is 4.14. The first kappa shape index (κ1) is 12.2.